The maximum Gasteiger partial charge on any atom is 0.240 e. The van der Waals surface area contributed by atoms with E-state index < -0.39 is 0 Å². The molecule has 0 aliphatic carbocycles. The molecule has 2 rings (SSSR count). The highest BCUT2D eigenvalue weighted by molar-refractivity contribution is 9.11. The average molecular weight is 458 g/mol. The van der Waals surface area contributed by atoms with E-state index in [1.54, 1.807) is 19.2 Å². The van der Waals surface area contributed by atoms with E-state index in [1.807, 2.05) is 0 Å². The molecule has 0 spiro atoms. The number of aromatic nitrogens is 1. The Morgan fingerprint density at radius 2 is 1.71 bits per heavy atom. The first kappa shape index (κ1) is 16.6. The SMILES string of the molecule is COc1cc(Br)c(Oc2nc(NN)c(Cl)cc2Cl)cc1Br. The monoisotopic (exact) mass is 455 g/mol. The number of nitrogens with zero attached hydrogens (tertiary/aromatic N) is 1. The number of rotatable bonds is 4. The molecule has 1 aromatic heterocycles. The molecule has 1 heterocycles. The molecular formula is C12H9Br2Cl2N3O2. The minimum Gasteiger partial charge on any atom is -0.496 e. The van der Waals surface area contributed by atoms with Crippen molar-refractivity contribution in [3.63, 3.8) is 0 Å². The van der Waals surface area contributed by atoms with E-state index in [0.29, 0.717) is 21.0 Å². The number of hydrogen-bond donors (Lipinski definition) is 2. The topological polar surface area (TPSA) is 69.4 Å². The second-order valence-electron chi connectivity index (χ2n) is 3.77. The molecule has 0 aliphatic rings. The Morgan fingerprint density at radius 3 is 2.33 bits per heavy atom. The van der Waals surface area contributed by atoms with Crippen molar-refractivity contribution in [2.24, 2.45) is 5.84 Å². The molecule has 9 heteroatoms. The molecule has 0 radical (unpaired) electrons. The summed E-state index contributed by atoms with van der Waals surface area (Å²) in [5.74, 6) is 6.93. The molecule has 0 saturated carbocycles. The van der Waals surface area contributed by atoms with Gasteiger partial charge in [-0.2, -0.15) is 4.98 Å². The fourth-order valence-corrected chi connectivity index (χ4v) is 2.81. The van der Waals surface area contributed by atoms with Gasteiger partial charge in [-0.25, -0.2) is 5.84 Å². The summed E-state index contributed by atoms with van der Waals surface area (Å²) in [5, 5.41) is 0.558. The van der Waals surface area contributed by atoms with Crippen LogP contribution in [0.15, 0.2) is 27.1 Å². The largest absolute Gasteiger partial charge is 0.496 e. The number of hydrazine groups is 1. The summed E-state index contributed by atoms with van der Waals surface area (Å²) in [4.78, 5) is 4.11. The molecule has 0 unspecified atom stereocenters. The highest BCUT2D eigenvalue weighted by atomic mass is 79.9. The molecule has 2 aromatic rings. The molecule has 112 valence electrons. The molecule has 5 nitrogen and oxygen atoms in total. The summed E-state index contributed by atoms with van der Waals surface area (Å²) >= 11 is 18.8. The number of methoxy groups -OCH3 is 1. The fraction of sp³-hybridized carbons (Fsp3) is 0.0833. The Labute approximate surface area is 148 Å². The van der Waals surface area contributed by atoms with Gasteiger partial charge >= 0.3 is 0 Å². The standard InChI is InChI=1S/C12H9Br2Cl2N3O2/c1-20-9-2-6(14)10(3-5(9)13)21-12-8(16)4-7(15)11(18-12)19-17/h2-4H,17H2,1H3,(H,18,19). The predicted molar refractivity (Wildman–Crippen MR) is 90.5 cm³/mol. The number of anilines is 1. The number of ether oxygens (including phenoxy) is 2. The fourth-order valence-electron chi connectivity index (χ4n) is 1.47. The number of hydrogen-bond acceptors (Lipinski definition) is 5. The summed E-state index contributed by atoms with van der Waals surface area (Å²) in [5.41, 5.74) is 2.37. The third kappa shape index (κ3) is 3.73. The van der Waals surface area contributed by atoms with E-state index in [1.165, 1.54) is 6.07 Å². The number of halogens is 4. The van der Waals surface area contributed by atoms with E-state index in [9.17, 15) is 0 Å². The lowest BCUT2D eigenvalue weighted by atomic mass is 10.3. The molecule has 0 amide bonds. The summed E-state index contributed by atoms with van der Waals surface area (Å²) in [6, 6.07) is 4.98. The minimum atomic E-state index is 0.173. The summed E-state index contributed by atoms with van der Waals surface area (Å²) in [6.45, 7) is 0. The average Bonchev–Trinajstić information content (AvgIpc) is 2.45. The lowest BCUT2D eigenvalue weighted by molar-refractivity contribution is 0.408. The van der Waals surface area contributed by atoms with Crippen LogP contribution < -0.4 is 20.7 Å². The summed E-state index contributed by atoms with van der Waals surface area (Å²) in [6.07, 6.45) is 0. The highest BCUT2D eigenvalue weighted by Crippen LogP contribution is 2.40. The molecular weight excluding hydrogens is 449 g/mol. The van der Waals surface area contributed by atoms with Gasteiger partial charge in [0.25, 0.3) is 0 Å². The minimum absolute atomic E-state index is 0.173. The molecule has 0 atom stereocenters. The molecule has 21 heavy (non-hydrogen) atoms. The number of nitrogens with one attached hydrogen (secondary N) is 1. The van der Waals surface area contributed by atoms with Gasteiger partial charge in [-0.1, -0.05) is 23.2 Å². The van der Waals surface area contributed by atoms with Crippen molar-refractivity contribution >= 4 is 60.9 Å². The van der Waals surface area contributed by atoms with E-state index in [4.69, 9.17) is 38.5 Å². The lowest BCUT2D eigenvalue weighted by Crippen LogP contribution is -2.09. The van der Waals surface area contributed by atoms with Gasteiger partial charge < -0.3 is 14.9 Å². The number of nitrogen functional groups attached to an aromatic ring is 1. The van der Waals surface area contributed by atoms with Crippen LogP contribution in [0.1, 0.15) is 0 Å². The Hall–Kier alpha value is -0.730. The normalized spacial score (nSPS) is 10.4. The van der Waals surface area contributed by atoms with Crippen LogP contribution in [0.5, 0.6) is 17.4 Å². The van der Waals surface area contributed by atoms with Crippen molar-refractivity contribution in [3.8, 4) is 17.4 Å². The Bertz CT molecular complexity index is 686. The van der Waals surface area contributed by atoms with Crippen LogP contribution in [0, 0.1) is 0 Å². The summed E-state index contributed by atoms with van der Waals surface area (Å²) < 4.78 is 12.3. The van der Waals surface area contributed by atoms with Crippen LogP contribution in [0.3, 0.4) is 0 Å². The quantitative estimate of drug-likeness (QED) is 0.499. The van der Waals surface area contributed by atoms with Crippen molar-refractivity contribution in [2.45, 2.75) is 0 Å². The molecule has 0 bridgehead atoms. The third-order valence-electron chi connectivity index (χ3n) is 2.45. The maximum atomic E-state index is 6.07. The van der Waals surface area contributed by atoms with Gasteiger partial charge in [0.15, 0.2) is 5.82 Å². The van der Waals surface area contributed by atoms with Crippen molar-refractivity contribution < 1.29 is 9.47 Å². The van der Waals surface area contributed by atoms with E-state index in [2.05, 4.69) is 42.3 Å². The smallest absolute Gasteiger partial charge is 0.240 e. The van der Waals surface area contributed by atoms with E-state index in [-0.39, 0.29) is 16.7 Å². The van der Waals surface area contributed by atoms with Gasteiger partial charge in [-0.3, -0.25) is 0 Å². The van der Waals surface area contributed by atoms with Gasteiger partial charge in [0.05, 0.1) is 21.1 Å². The highest BCUT2D eigenvalue weighted by Gasteiger charge is 2.14. The zero-order valence-electron chi connectivity index (χ0n) is 10.6. The zero-order valence-corrected chi connectivity index (χ0v) is 15.3. The Balaban J connectivity index is 2.41. The van der Waals surface area contributed by atoms with Crippen LogP contribution in [-0.2, 0) is 0 Å². The Kier molecular flexibility index (Phi) is 5.56. The molecule has 0 fully saturated rings. The molecule has 0 saturated heterocycles. The number of benzene rings is 1. The molecule has 3 N–H and O–H groups in total. The Morgan fingerprint density at radius 1 is 1.10 bits per heavy atom. The second-order valence-corrected chi connectivity index (χ2v) is 6.29. The first-order valence-electron chi connectivity index (χ1n) is 5.49. The zero-order chi connectivity index (χ0) is 15.6. The van der Waals surface area contributed by atoms with Crippen LogP contribution in [0.4, 0.5) is 5.82 Å². The van der Waals surface area contributed by atoms with Crippen molar-refractivity contribution in [2.75, 3.05) is 12.5 Å². The number of nitrogens with two attached hydrogens (primary N) is 1. The van der Waals surface area contributed by atoms with Crippen LogP contribution in [0.2, 0.25) is 10.0 Å². The first-order valence-corrected chi connectivity index (χ1v) is 7.84. The predicted octanol–water partition coefficient (Wildman–Crippen LogP) is 5.00. The van der Waals surface area contributed by atoms with Gasteiger partial charge in [0.2, 0.25) is 5.88 Å². The van der Waals surface area contributed by atoms with Crippen LogP contribution in [-0.4, -0.2) is 12.1 Å². The molecule has 1 aromatic carbocycles. The van der Waals surface area contributed by atoms with Crippen molar-refractivity contribution in [3.05, 3.63) is 37.2 Å². The van der Waals surface area contributed by atoms with Crippen molar-refractivity contribution in [1.82, 2.24) is 4.98 Å². The van der Waals surface area contributed by atoms with Crippen LogP contribution in [0.25, 0.3) is 0 Å². The van der Waals surface area contributed by atoms with Gasteiger partial charge in [0, 0.05) is 0 Å². The molecule has 0 aliphatic heterocycles. The second kappa shape index (κ2) is 7.02. The van der Waals surface area contributed by atoms with Crippen LogP contribution >= 0.6 is 55.1 Å². The lowest BCUT2D eigenvalue weighted by Gasteiger charge is -2.12. The first-order chi connectivity index (χ1) is 9.96. The third-order valence-corrected chi connectivity index (χ3v) is 4.25. The summed E-state index contributed by atoms with van der Waals surface area (Å²) in [7, 11) is 1.57. The van der Waals surface area contributed by atoms with Crippen molar-refractivity contribution in [1.29, 1.82) is 0 Å². The van der Waals surface area contributed by atoms with Gasteiger partial charge in [-0.15, -0.1) is 0 Å². The van der Waals surface area contributed by atoms with E-state index in [0.717, 1.165) is 4.47 Å². The van der Waals surface area contributed by atoms with Gasteiger partial charge in [-0.05, 0) is 50.1 Å². The van der Waals surface area contributed by atoms with Gasteiger partial charge in [0.1, 0.15) is 16.5 Å². The number of pyridine rings is 1. The maximum absolute atomic E-state index is 6.07. The van der Waals surface area contributed by atoms with E-state index >= 15 is 0 Å².